The van der Waals surface area contributed by atoms with E-state index >= 15 is 0 Å². The van der Waals surface area contributed by atoms with Crippen molar-refractivity contribution >= 4 is 23.1 Å². The lowest BCUT2D eigenvalue weighted by Crippen LogP contribution is -2.33. The number of nitrogens with one attached hydrogen (secondary N) is 2. The van der Waals surface area contributed by atoms with Crippen LogP contribution in [-0.2, 0) is 4.79 Å². The molecule has 0 radical (unpaired) electrons. The topological polar surface area (TPSA) is 62.0 Å². The maximum Gasteiger partial charge on any atom is 0.251 e. The number of benzene rings is 1. The fourth-order valence-corrected chi connectivity index (χ4v) is 4.30. The van der Waals surface area contributed by atoms with Crippen LogP contribution in [0.15, 0.2) is 52.2 Å². The molecule has 1 aliphatic carbocycles. The lowest BCUT2D eigenvalue weighted by molar-refractivity contribution is -0.118. The molecule has 1 aromatic carbocycles. The van der Waals surface area contributed by atoms with Gasteiger partial charge >= 0.3 is 0 Å². The van der Waals surface area contributed by atoms with Crippen LogP contribution in [0.25, 0.3) is 5.57 Å². The molecule has 4 nitrogen and oxygen atoms in total. The molecule has 28 heavy (non-hydrogen) atoms. The molecule has 2 atom stereocenters. The molecule has 4 rings (SSSR count). The maximum atomic E-state index is 12.6. The van der Waals surface area contributed by atoms with Crippen LogP contribution in [0.2, 0.25) is 0 Å². The van der Waals surface area contributed by atoms with Gasteiger partial charge in [-0.1, -0.05) is 24.3 Å². The zero-order valence-corrected chi connectivity index (χ0v) is 17.1. The zero-order valence-electron chi connectivity index (χ0n) is 16.3. The summed E-state index contributed by atoms with van der Waals surface area (Å²) in [5.74, 6) is 0.614. The number of carbonyl (C=O) groups excluding carboxylic acids is 1. The highest BCUT2D eigenvalue weighted by atomic mass is 32.2. The molecule has 1 aromatic heterocycles. The highest BCUT2D eigenvalue weighted by Gasteiger charge is 2.28. The van der Waals surface area contributed by atoms with Gasteiger partial charge in [-0.05, 0) is 68.5 Å². The van der Waals surface area contributed by atoms with Crippen molar-refractivity contribution in [2.45, 2.75) is 55.5 Å². The Balaban J connectivity index is 1.70. The van der Waals surface area contributed by atoms with Crippen molar-refractivity contribution in [2.75, 3.05) is 6.26 Å². The largest absolute Gasteiger partial charge is 0.322 e. The molecule has 0 amide bonds. The Bertz CT molecular complexity index is 957. The van der Waals surface area contributed by atoms with Crippen LogP contribution in [0.4, 0.5) is 0 Å². The number of ketones is 1. The van der Waals surface area contributed by atoms with Crippen LogP contribution in [-0.4, -0.2) is 29.1 Å². The first-order chi connectivity index (χ1) is 13.5. The van der Waals surface area contributed by atoms with Gasteiger partial charge in [-0.3, -0.25) is 9.59 Å². The molecule has 1 saturated heterocycles. The molecule has 5 heteroatoms. The molecule has 0 bridgehead atoms. The minimum atomic E-state index is -0.0716. The Hall–Kier alpha value is -2.11. The fourth-order valence-electron chi connectivity index (χ4n) is 3.89. The Kier molecular flexibility index (Phi) is 5.56. The number of thioether (sulfide) groups is 1. The van der Waals surface area contributed by atoms with Gasteiger partial charge in [0.05, 0.1) is 6.04 Å². The maximum absolute atomic E-state index is 12.6. The molecule has 146 valence electrons. The van der Waals surface area contributed by atoms with Gasteiger partial charge in [-0.15, -0.1) is 11.8 Å². The summed E-state index contributed by atoms with van der Waals surface area (Å²) in [6.45, 7) is 1.64. The second-order valence-electron chi connectivity index (χ2n) is 7.75. The summed E-state index contributed by atoms with van der Waals surface area (Å²) >= 11 is 1.71. The number of carbonyl (C=O) groups is 1. The van der Waals surface area contributed by atoms with E-state index in [1.54, 1.807) is 18.7 Å². The van der Waals surface area contributed by atoms with E-state index in [1.807, 2.05) is 12.1 Å². The van der Waals surface area contributed by atoms with Gasteiger partial charge in [0, 0.05) is 27.8 Å². The average Bonchev–Trinajstić information content (AvgIpc) is 3.43. The first kappa shape index (κ1) is 19.2. The first-order valence-electron chi connectivity index (χ1n) is 9.91. The lowest BCUT2D eigenvalue weighted by Gasteiger charge is -2.14. The second-order valence-corrected chi connectivity index (χ2v) is 8.63. The van der Waals surface area contributed by atoms with Crippen LogP contribution in [0.5, 0.6) is 0 Å². The monoisotopic (exact) mass is 394 g/mol. The number of rotatable bonds is 6. The summed E-state index contributed by atoms with van der Waals surface area (Å²) in [5, 5.41) is 3.42. The number of hydrogen-bond acceptors (Lipinski definition) is 4. The van der Waals surface area contributed by atoms with E-state index < -0.39 is 0 Å². The van der Waals surface area contributed by atoms with E-state index in [9.17, 15) is 9.59 Å². The highest BCUT2D eigenvalue weighted by molar-refractivity contribution is 7.98. The van der Waals surface area contributed by atoms with E-state index in [4.69, 9.17) is 0 Å². The summed E-state index contributed by atoms with van der Waals surface area (Å²) in [5.41, 5.74) is 3.83. The Morgan fingerprint density at radius 1 is 1.07 bits per heavy atom. The molecule has 1 aliphatic heterocycles. The third-order valence-corrected chi connectivity index (χ3v) is 6.43. The third-order valence-electron chi connectivity index (χ3n) is 5.69. The Morgan fingerprint density at radius 2 is 1.82 bits per heavy atom. The van der Waals surface area contributed by atoms with E-state index in [0.29, 0.717) is 5.92 Å². The molecule has 2 fully saturated rings. The quantitative estimate of drug-likeness (QED) is 0.724. The molecule has 2 aliphatic rings. The highest BCUT2D eigenvalue weighted by Crippen LogP contribution is 2.38. The van der Waals surface area contributed by atoms with E-state index in [1.165, 1.54) is 4.90 Å². The van der Waals surface area contributed by atoms with Gasteiger partial charge < -0.3 is 10.3 Å². The molecule has 1 saturated carbocycles. The van der Waals surface area contributed by atoms with Crippen LogP contribution in [0.3, 0.4) is 0 Å². The van der Waals surface area contributed by atoms with Gasteiger partial charge in [0.15, 0.2) is 0 Å². The van der Waals surface area contributed by atoms with Crippen molar-refractivity contribution in [2.24, 2.45) is 0 Å². The van der Waals surface area contributed by atoms with Gasteiger partial charge in [0.1, 0.15) is 5.78 Å². The number of hydrogen-bond donors (Lipinski definition) is 2. The second kappa shape index (κ2) is 8.10. The predicted molar refractivity (Wildman–Crippen MR) is 115 cm³/mol. The van der Waals surface area contributed by atoms with Gasteiger partial charge in [-0.2, -0.15) is 0 Å². The number of H-pyrrole nitrogens is 1. The van der Waals surface area contributed by atoms with Crippen molar-refractivity contribution in [3.05, 3.63) is 69.6 Å². The van der Waals surface area contributed by atoms with Crippen molar-refractivity contribution < 1.29 is 4.79 Å². The Labute approximate surface area is 169 Å². The normalized spacial score (nSPS) is 22.4. The molecule has 0 spiro atoms. The number of aromatic nitrogens is 1. The van der Waals surface area contributed by atoms with Crippen LogP contribution < -0.4 is 10.9 Å². The van der Waals surface area contributed by atoms with E-state index in [2.05, 4.69) is 46.9 Å². The minimum absolute atomic E-state index is 0.0210. The molecular weight excluding hydrogens is 368 g/mol. The average molecular weight is 395 g/mol. The summed E-state index contributed by atoms with van der Waals surface area (Å²) in [6, 6.07) is 12.5. The molecular formula is C23H26N2O2S. The van der Waals surface area contributed by atoms with Crippen LogP contribution in [0.1, 0.15) is 55.3 Å². The SMILES string of the molecule is CSc1ccc(/C(=C\[C@H]2CCC(C(C)=O)N2)c2ccc(C3CC3)c(=O)[nH]2)cc1. The number of pyridine rings is 1. The number of aromatic amines is 1. The minimum Gasteiger partial charge on any atom is -0.322 e. The first-order valence-corrected chi connectivity index (χ1v) is 11.1. The fraction of sp³-hybridized carbons (Fsp3) is 0.391. The molecule has 2 N–H and O–H groups in total. The predicted octanol–water partition coefficient (Wildman–Crippen LogP) is 4.12. The number of Topliss-reactive ketones (excluding diaryl/α,β-unsaturated/α-hetero) is 1. The molecule has 1 unspecified atom stereocenters. The zero-order chi connectivity index (χ0) is 19.7. The van der Waals surface area contributed by atoms with Crippen LogP contribution in [0, 0.1) is 0 Å². The van der Waals surface area contributed by atoms with Gasteiger partial charge in [-0.25, -0.2) is 0 Å². The van der Waals surface area contributed by atoms with Crippen molar-refractivity contribution in [3.63, 3.8) is 0 Å². The summed E-state index contributed by atoms with van der Waals surface area (Å²) in [4.78, 5) is 28.6. The standard InChI is InChI=1S/C23H26N2O2S/c1-14(26)21-11-7-17(24-21)13-20(16-5-8-18(28-2)9-6-16)22-12-10-19(15-3-4-15)23(27)25-22/h5-6,8-10,12-13,15,17,21,24H,3-4,7,11H2,1-2H3,(H,25,27)/b20-13+/t17-,21?/m1/s1. The van der Waals surface area contributed by atoms with E-state index in [-0.39, 0.29) is 23.4 Å². The molecule has 2 heterocycles. The van der Waals surface area contributed by atoms with Crippen molar-refractivity contribution in [1.82, 2.24) is 10.3 Å². The molecule has 2 aromatic rings. The van der Waals surface area contributed by atoms with Crippen molar-refractivity contribution in [1.29, 1.82) is 0 Å². The summed E-state index contributed by atoms with van der Waals surface area (Å²) < 4.78 is 0. The third kappa shape index (κ3) is 4.15. The smallest absolute Gasteiger partial charge is 0.251 e. The summed E-state index contributed by atoms with van der Waals surface area (Å²) in [6.07, 6.45) is 8.22. The Morgan fingerprint density at radius 3 is 2.39 bits per heavy atom. The lowest BCUT2D eigenvalue weighted by atomic mass is 9.98. The van der Waals surface area contributed by atoms with Gasteiger partial charge in [0.25, 0.3) is 5.56 Å². The summed E-state index contributed by atoms with van der Waals surface area (Å²) in [7, 11) is 0. The van der Waals surface area contributed by atoms with Gasteiger partial charge in [0.2, 0.25) is 0 Å². The van der Waals surface area contributed by atoms with E-state index in [0.717, 1.165) is 48.1 Å². The van der Waals surface area contributed by atoms with Crippen LogP contribution >= 0.6 is 11.8 Å². The van der Waals surface area contributed by atoms with Crippen molar-refractivity contribution in [3.8, 4) is 0 Å².